The lowest BCUT2D eigenvalue weighted by Gasteiger charge is -2.39. The number of carbonyl (C=O) groups excluding carboxylic acids is 4. The van der Waals surface area contributed by atoms with Crippen LogP contribution in [0.5, 0.6) is 11.5 Å². The summed E-state index contributed by atoms with van der Waals surface area (Å²) in [6, 6.07) is 21.3. The Morgan fingerprint density at radius 3 is 2.44 bits per heavy atom. The number of likely N-dealkylation sites (tertiary alicyclic amines) is 2. The highest BCUT2D eigenvalue weighted by atomic mass is 35.5. The lowest BCUT2D eigenvalue weighted by Crippen LogP contribution is -2.54. The van der Waals surface area contributed by atoms with Crippen molar-refractivity contribution in [1.82, 2.24) is 25.4 Å². The summed E-state index contributed by atoms with van der Waals surface area (Å²) in [7, 11) is 3.06. The van der Waals surface area contributed by atoms with Gasteiger partial charge in [-0.05, 0) is 72.1 Å². The predicted molar refractivity (Wildman–Crippen MR) is 213 cm³/mol. The van der Waals surface area contributed by atoms with Crippen molar-refractivity contribution in [3.05, 3.63) is 94.6 Å². The molecule has 1 saturated carbocycles. The predicted octanol–water partition coefficient (Wildman–Crippen LogP) is 5.90. The molecule has 7 rings (SSSR count). The number of ether oxygens (including phenoxy) is 2. The van der Waals surface area contributed by atoms with Gasteiger partial charge in [0.1, 0.15) is 0 Å². The van der Waals surface area contributed by atoms with E-state index in [1.165, 1.54) is 38.3 Å². The summed E-state index contributed by atoms with van der Waals surface area (Å²) in [6.45, 7) is 4.06. The minimum atomic E-state index is -0.580. The number of hydrogen-bond acceptors (Lipinski definition) is 6. The van der Waals surface area contributed by atoms with Crippen LogP contribution in [-0.4, -0.2) is 91.9 Å². The molecule has 2 aliphatic heterocycles. The van der Waals surface area contributed by atoms with E-state index in [0.29, 0.717) is 48.3 Å². The van der Waals surface area contributed by atoms with Crippen molar-refractivity contribution >= 4 is 46.1 Å². The molecule has 2 saturated heterocycles. The quantitative estimate of drug-likeness (QED) is 0.155. The Labute approximate surface area is 328 Å². The number of methoxy groups -OCH3 is 1. The Balaban J connectivity index is 0.000000502. The normalized spacial score (nSPS) is 18.9. The van der Waals surface area contributed by atoms with Crippen molar-refractivity contribution in [3.63, 3.8) is 0 Å². The third-order valence-electron chi connectivity index (χ3n) is 10.9. The van der Waals surface area contributed by atoms with Gasteiger partial charge in [0.05, 0.1) is 32.6 Å². The van der Waals surface area contributed by atoms with Crippen LogP contribution in [0.2, 0.25) is 5.02 Å². The van der Waals surface area contributed by atoms with Crippen LogP contribution in [0.25, 0.3) is 10.9 Å². The average molecular weight is 770 g/mol. The standard InChI is InChI=1S/C34H40ClN5O6.C9H12/c1-36-31(41)15-38-33(43)27-19-39(32(42)12-22-14-37-28-13-24(35)6-7-25(22)28)16-23-17-40(18-26(23)27)34(44)21-5-8-29(30(11-21)45-2)46-10-9-20-3-4-20;1-2-6-9-7-4-3-5-8-9/h5-8,11,13-14,20,23,26-27,37H,3-4,9-10,12,15-19H2,1-2H3,(H,36,41)(H,38,43);3-5,7-8H,2,6H2,1H3. The molecule has 4 amide bonds. The molecule has 3 N–H and O–H groups in total. The van der Waals surface area contributed by atoms with E-state index in [0.717, 1.165) is 28.8 Å². The molecule has 1 aliphatic carbocycles. The third kappa shape index (κ3) is 10.2. The SMILES string of the molecule is CCCc1ccccc1.CNC(=O)CNC(=O)C1CN(C(=O)Cc2c[nH]c3cc(Cl)ccc23)CC2CN(C(=O)c3ccc(OCCC4CC4)c(OC)c3)CC21. The molecule has 3 heterocycles. The second-order valence-electron chi connectivity index (χ2n) is 14.8. The van der Waals surface area contributed by atoms with Gasteiger partial charge in [-0.3, -0.25) is 19.2 Å². The minimum Gasteiger partial charge on any atom is -0.493 e. The summed E-state index contributed by atoms with van der Waals surface area (Å²) in [5.41, 5.74) is 3.61. The van der Waals surface area contributed by atoms with Crippen LogP contribution in [0.4, 0.5) is 0 Å². The van der Waals surface area contributed by atoms with Crippen LogP contribution in [0.15, 0.2) is 72.9 Å². The molecule has 0 radical (unpaired) electrons. The Bertz CT molecular complexity index is 1960. The van der Waals surface area contributed by atoms with Gasteiger partial charge in [0.15, 0.2) is 11.5 Å². The molecule has 292 valence electrons. The Morgan fingerprint density at radius 1 is 0.927 bits per heavy atom. The monoisotopic (exact) mass is 769 g/mol. The number of fused-ring (bicyclic) bond motifs is 2. The van der Waals surface area contributed by atoms with Gasteiger partial charge in [-0.2, -0.15) is 0 Å². The van der Waals surface area contributed by atoms with Crippen LogP contribution in [0.1, 0.15) is 54.1 Å². The fourth-order valence-electron chi connectivity index (χ4n) is 7.67. The average Bonchev–Trinajstić information content (AvgIpc) is 3.80. The van der Waals surface area contributed by atoms with Gasteiger partial charge < -0.3 is 34.9 Å². The summed E-state index contributed by atoms with van der Waals surface area (Å²) in [5.74, 6) is 0.111. The fourth-order valence-corrected chi connectivity index (χ4v) is 7.84. The smallest absolute Gasteiger partial charge is 0.254 e. The molecule has 3 unspecified atom stereocenters. The number of aromatic amines is 1. The number of nitrogens with zero attached hydrogens (tertiary/aromatic N) is 2. The van der Waals surface area contributed by atoms with Gasteiger partial charge in [0.25, 0.3) is 5.91 Å². The molecule has 12 heteroatoms. The van der Waals surface area contributed by atoms with E-state index >= 15 is 0 Å². The fraction of sp³-hybridized carbons (Fsp3) is 0.442. The van der Waals surface area contributed by atoms with Gasteiger partial charge >= 0.3 is 0 Å². The number of halogens is 1. The molecule has 3 aliphatic rings. The number of amides is 4. The van der Waals surface area contributed by atoms with E-state index in [1.54, 1.807) is 41.2 Å². The van der Waals surface area contributed by atoms with E-state index in [9.17, 15) is 19.2 Å². The number of likely N-dealkylation sites (N-methyl/N-ethyl adjacent to an activating group) is 1. The minimum absolute atomic E-state index is 0.105. The van der Waals surface area contributed by atoms with Crippen molar-refractivity contribution in [2.75, 3.05) is 53.5 Å². The lowest BCUT2D eigenvalue weighted by molar-refractivity contribution is -0.139. The maximum atomic E-state index is 13.8. The highest BCUT2D eigenvalue weighted by Crippen LogP contribution is 2.38. The highest BCUT2D eigenvalue weighted by Gasteiger charge is 2.48. The van der Waals surface area contributed by atoms with Gasteiger partial charge in [-0.1, -0.05) is 74.2 Å². The van der Waals surface area contributed by atoms with Crippen molar-refractivity contribution < 1.29 is 28.7 Å². The number of rotatable bonds is 13. The first kappa shape index (κ1) is 39.7. The Kier molecular flexibility index (Phi) is 13.4. The first-order chi connectivity index (χ1) is 26.7. The van der Waals surface area contributed by atoms with Crippen LogP contribution in [-0.2, 0) is 27.2 Å². The van der Waals surface area contributed by atoms with Crippen LogP contribution in [0.3, 0.4) is 0 Å². The summed E-state index contributed by atoms with van der Waals surface area (Å²) in [6.07, 6.45) is 7.94. The first-order valence-electron chi connectivity index (χ1n) is 19.3. The lowest BCUT2D eigenvalue weighted by atomic mass is 9.79. The molecule has 55 heavy (non-hydrogen) atoms. The number of aryl methyl sites for hydroxylation is 1. The van der Waals surface area contributed by atoms with Crippen molar-refractivity contribution in [1.29, 1.82) is 0 Å². The summed E-state index contributed by atoms with van der Waals surface area (Å²) in [4.78, 5) is 59.5. The zero-order valence-corrected chi connectivity index (χ0v) is 32.7. The molecule has 11 nitrogen and oxygen atoms in total. The number of aromatic nitrogens is 1. The molecule has 0 spiro atoms. The number of H-pyrrole nitrogens is 1. The van der Waals surface area contributed by atoms with E-state index in [4.69, 9.17) is 21.1 Å². The van der Waals surface area contributed by atoms with Crippen molar-refractivity contribution in [2.24, 2.45) is 23.7 Å². The summed E-state index contributed by atoms with van der Waals surface area (Å²) < 4.78 is 11.5. The second kappa shape index (κ2) is 18.5. The van der Waals surface area contributed by atoms with Gasteiger partial charge in [0.2, 0.25) is 17.7 Å². The van der Waals surface area contributed by atoms with E-state index in [-0.39, 0.29) is 55.0 Å². The molecule has 3 aromatic carbocycles. The maximum absolute atomic E-state index is 13.8. The first-order valence-corrected chi connectivity index (χ1v) is 19.7. The zero-order chi connectivity index (χ0) is 38.9. The van der Waals surface area contributed by atoms with E-state index in [1.807, 2.05) is 18.3 Å². The topological polar surface area (TPSA) is 133 Å². The summed E-state index contributed by atoms with van der Waals surface area (Å²) in [5, 5.41) is 6.76. The molecule has 3 atom stereocenters. The molecule has 4 aromatic rings. The van der Waals surface area contributed by atoms with E-state index in [2.05, 4.69) is 52.9 Å². The maximum Gasteiger partial charge on any atom is 0.254 e. The largest absolute Gasteiger partial charge is 0.493 e. The Hall–Kier alpha value is -5.03. The zero-order valence-electron chi connectivity index (χ0n) is 31.9. The number of nitrogens with one attached hydrogen (secondary N) is 3. The van der Waals surface area contributed by atoms with Crippen LogP contribution < -0.4 is 20.1 Å². The molecule has 3 fully saturated rings. The number of carbonyl (C=O) groups is 4. The molecular weight excluding hydrogens is 718 g/mol. The molecular formula is C43H52ClN5O6. The van der Waals surface area contributed by atoms with Crippen molar-refractivity contribution in [3.8, 4) is 11.5 Å². The third-order valence-corrected chi connectivity index (χ3v) is 11.1. The van der Waals surface area contributed by atoms with Crippen LogP contribution in [0, 0.1) is 23.7 Å². The number of piperidine rings is 1. The number of benzene rings is 3. The molecule has 1 aromatic heterocycles. The highest BCUT2D eigenvalue weighted by molar-refractivity contribution is 6.31. The van der Waals surface area contributed by atoms with E-state index < -0.39 is 5.92 Å². The van der Waals surface area contributed by atoms with Gasteiger partial charge in [-0.25, -0.2) is 0 Å². The second-order valence-corrected chi connectivity index (χ2v) is 15.2. The molecule has 0 bridgehead atoms. The number of hydrogen-bond donors (Lipinski definition) is 3. The van der Waals surface area contributed by atoms with Crippen molar-refractivity contribution in [2.45, 2.75) is 45.4 Å². The van der Waals surface area contributed by atoms with Crippen LogP contribution >= 0.6 is 11.6 Å². The summed E-state index contributed by atoms with van der Waals surface area (Å²) >= 11 is 6.13. The van der Waals surface area contributed by atoms with Gasteiger partial charge in [0, 0.05) is 60.9 Å². The Morgan fingerprint density at radius 2 is 1.71 bits per heavy atom. The van der Waals surface area contributed by atoms with Gasteiger partial charge in [-0.15, -0.1) is 0 Å².